The minimum Gasteiger partial charge on any atom is -0.497 e. The number of benzene rings is 1. The van der Waals surface area contributed by atoms with Crippen LogP contribution in [0, 0.1) is 0 Å². The van der Waals surface area contributed by atoms with Gasteiger partial charge >= 0.3 is 0 Å². The molecule has 130 valence electrons. The zero-order chi connectivity index (χ0) is 17.6. The van der Waals surface area contributed by atoms with Crippen molar-refractivity contribution in [1.82, 2.24) is 14.0 Å². The fourth-order valence-corrected chi connectivity index (χ4v) is 3.94. The molecule has 0 saturated carbocycles. The van der Waals surface area contributed by atoms with E-state index in [1.807, 2.05) is 40.8 Å². The maximum atomic E-state index is 13.3. The Hall–Kier alpha value is -2.69. The number of amides is 1. The number of methoxy groups -OCH3 is 1. The first kappa shape index (κ1) is 15.8. The van der Waals surface area contributed by atoms with Crippen LogP contribution in [0.1, 0.15) is 35.6 Å². The Morgan fingerprint density at radius 2 is 2.08 bits per heavy atom. The van der Waals surface area contributed by atoms with Crippen molar-refractivity contribution in [3.63, 3.8) is 0 Å². The molecule has 0 radical (unpaired) electrons. The van der Waals surface area contributed by atoms with Gasteiger partial charge in [0.15, 0.2) is 0 Å². The lowest BCUT2D eigenvalue weighted by Gasteiger charge is -2.36. The standard InChI is InChI=1S/C20H23N3O2/c1-4-16-18-6-5-9-22(18)10-11-23(16)20(24)19-13-14-12-15(25-3)7-8-17(14)21(19)2/h5-9,12-13,16H,4,10-11H2,1-3H3. The molecule has 1 unspecified atom stereocenters. The van der Waals surface area contributed by atoms with E-state index in [1.165, 1.54) is 5.69 Å². The number of aryl methyl sites for hydroxylation is 1. The molecule has 2 aromatic heterocycles. The first-order chi connectivity index (χ1) is 12.1. The molecule has 1 aliphatic heterocycles. The van der Waals surface area contributed by atoms with Crippen molar-refractivity contribution in [2.75, 3.05) is 13.7 Å². The Morgan fingerprint density at radius 3 is 2.84 bits per heavy atom. The van der Waals surface area contributed by atoms with E-state index in [0.717, 1.165) is 41.9 Å². The average molecular weight is 337 g/mol. The van der Waals surface area contributed by atoms with Gasteiger partial charge in [0.2, 0.25) is 0 Å². The molecule has 1 atom stereocenters. The number of ether oxygens (including phenoxy) is 1. The lowest BCUT2D eigenvalue weighted by atomic mass is 10.1. The molecule has 0 fully saturated rings. The largest absolute Gasteiger partial charge is 0.497 e. The summed E-state index contributed by atoms with van der Waals surface area (Å²) in [4.78, 5) is 15.3. The fraction of sp³-hybridized carbons (Fsp3) is 0.350. The summed E-state index contributed by atoms with van der Waals surface area (Å²) < 4.78 is 9.54. The monoisotopic (exact) mass is 337 g/mol. The van der Waals surface area contributed by atoms with Crippen molar-refractivity contribution in [2.45, 2.75) is 25.9 Å². The van der Waals surface area contributed by atoms with Crippen LogP contribution in [-0.2, 0) is 13.6 Å². The summed E-state index contributed by atoms with van der Waals surface area (Å²) in [7, 11) is 3.61. The lowest BCUT2D eigenvalue weighted by molar-refractivity contribution is 0.0608. The normalized spacial score (nSPS) is 16.9. The van der Waals surface area contributed by atoms with Gasteiger partial charge in [0.1, 0.15) is 11.4 Å². The Kier molecular flexibility index (Phi) is 3.79. The number of aromatic nitrogens is 2. The first-order valence-electron chi connectivity index (χ1n) is 8.73. The highest BCUT2D eigenvalue weighted by Gasteiger charge is 2.31. The van der Waals surface area contributed by atoms with Crippen LogP contribution in [0.2, 0.25) is 0 Å². The van der Waals surface area contributed by atoms with Crippen LogP contribution in [0.25, 0.3) is 10.9 Å². The van der Waals surface area contributed by atoms with Crippen LogP contribution in [0.3, 0.4) is 0 Å². The molecule has 4 rings (SSSR count). The summed E-state index contributed by atoms with van der Waals surface area (Å²) in [5.41, 5.74) is 2.99. The Balaban J connectivity index is 1.73. The highest BCUT2D eigenvalue weighted by Crippen LogP contribution is 2.31. The molecule has 25 heavy (non-hydrogen) atoms. The number of carbonyl (C=O) groups excluding carboxylic acids is 1. The van der Waals surface area contributed by atoms with E-state index in [1.54, 1.807) is 7.11 Å². The highest BCUT2D eigenvalue weighted by molar-refractivity contribution is 5.99. The van der Waals surface area contributed by atoms with E-state index in [4.69, 9.17) is 4.74 Å². The van der Waals surface area contributed by atoms with Crippen LogP contribution in [0.5, 0.6) is 5.75 Å². The molecule has 0 spiro atoms. The van der Waals surface area contributed by atoms with Crippen LogP contribution in [0.15, 0.2) is 42.6 Å². The summed E-state index contributed by atoms with van der Waals surface area (Å²) >= 11 is 0. The predicted molar refractivity (Wildman–Crippen MR) is 98.0 cm³/mol. The van der Waals surface area contributed by atoms with E-state index >= 15 is 0 Å². The number of hydrogen-bond acceptors (Lipinski definition) is 2. The van der Waals surface area contributed by atoms with Gasteiger partial charge in [0, 0.05) is 42.9 Å². The van der Waals surface area contributed by atoms with E-state index < -0.39 is 0 Å². The van der Waals surface area contributed by atoms with Gasteiger partial charge in [-0.1, -0.05) is 6.92 Å². The maximum Gasteiger partial charge on any atom is 0.271 e. The van der Waals surface area contributed by atoms with Crippen LogP contribution in [0.4, 0.5) is 0 Å². The van der Waals surface area contributed by atoms with E-state index in [2.05, 4.69) is 29.8 Å². The Bertz CT molecular complexity index is 938. The van der Waals surface area contributed by atoms with Gasteiger partial charge in [0.25, 0.3) is 5.91 Å². The maximum absolute atomic E-state index is 13.3. The minimum absolute atomic E-state index is 0.0944. The SMILES string of the molecule is CCC1c2cccn2CCN1C(=O)c1cc2cc(OC)ccc2n1C. The fourth-order valence-electron chi connectivity index (χ4n) is 3.94. The van der Waals surface area contributed by atoms with Crippen molar-refractivity contribution in [1.29, 1.82) is 0 Å². The van der Waals surface area contributed by atoms with Gasteiger partial charge in [-0.2, -0.15) is 0 Å². The first-order valence-corrected chi connectivity index (χ1v) is 8.73. The average Bonchev–Trinajstić information content (AvgIpc) is 3.24. The predicted octanol–water partition coefficient (Wildman–Crippen LogP) is 3.60. The lowest BCUT2D eigenvalue weighted by Crippen LogP contribution is -2.42. The Morgan fingerprint density at radius 1 is 1.24 bits per heavy atom. The third-order valence-corrected chi connectivity index (χ3v) is 5.28. The van der Waals surface area contributed by atoms with E-state index in [9.17, 15) is 4.79 Å². The van der Waals surface area contributed by atoms with Crippen molar-refractivity contribution in [3.05, 3.63) is 54.0 Å². The zero-order valence-corrected chi connectivity index (χ0v) is 14.9. The number of fused-ring (bicyclic) bond motifs is 2. The number of nitrogens with zero attached hydrogens (tertiary/aromatic N) is 3. The molecule has 0 saturated heterocycles. The Labute approximate surface area is 147 Å². The number of rotatable bonds is 3. The van der Waals surface area contributed by atoms with Crippen molar-refractivity contribution in [3.8, 4) is 5.75 Å². The van der Waals surface area contributed by atoms with Crippen molar-refractivity contribution >= 4 is 16.8 Å². The molecule has 3 aromatic rings. The van der Waals surface area contributed by atoms with Crippen molar-refractivity contribution in [2.24, 2.45) is 7.05 Å². The van der Waals surface area contributed by atoms with Gasteiger partial charge < -0.3 is 18.8 Å². The molecule has 0 aliphatic carbocycles. The third kappa shape index (κ3) is 2.42. The van der Waals surface area contributed by atoms with Gasteiger partial charge in [-0.3, -0.25) is 4.79 Å². The van der Waals surface area contributed by atoms with Gasteiger partial charge in [0.05, 0.1) is 13.2 Å². The van der Waals surface area contributed by atoms with Crippen LogP contribution in [-0.4, -0.2) is 33.6 Å². The van der Waals surface area contributed by atoms with Crippen molar-refractivity contribution < 1.29 is 9.53 Å². The molecule has 1 amide bonds. The van der Waals surface area contributed by atoms with Crippen LogP contribution < -0.4 is 4.74 Å². The topological polar surface area (TPSA) is 39.4 Å². The van der Waals surface area contributed by atoms with E-state index in [-0.39, 0.29) is 11.9 Å². The summed E-state index contributed by atoms with van der Waals surface area (Å²) in [6.45, 7) is 3.73. The molecule has 0 N–H and O–H groups in total. The third-order valence-electron chi connectivity index (χ3n) is 5.28. The summed E-state index contributed by atoms with van der Waals surface area (Å²) in [5.74, 6) is 0.899. The molecular weight excluding hydrogens is 314 g/mol. The highest BCUT2D eigenvalue weighted by atomic mass is 16.5. The molecular formula is C20H23N3O2. The number of carbonyl (C=O) groups is 1. The second kappa shape index (κ2) is 5.99. The summed E-state index contributed by atoms with van der Waals surface area (Å²) in [5, 5.41) is 1.03. The smallest absolute Gasteiger partial charge is 0.271 e. The summed E-state index contributed by atoms with van der Waals surface area (Å²) in [6.07, 6.45) is 3.01. The minimum atomic E-state index is 0.0944. The molecule has 0 bridgehead atoms. The second-order valence-corrected chi connectivity index (χ2v) is 6.56. The number of hydrogen-bond donors (Lipinski definition) is 0. The second-order valence-electron chi connectivity index (χ2n) is 6.56. The van der Waals surface area contributed by atoms with Crippen LogP contribution >= 0.6 is 0 Å². The molecule has 1 aromatic carbocycles. The molecule has 3 heterocycles. The van der Waals surface area contributed by atoms with Gasteiger partial charge in [-0.25, -0.2) is 0 Å². The molecule has 5 nitrogen and oxygen atoms in total. The molecule has 1 aliphatic rings. The van der Waals surface area contributed by atoms with Gasteiger partial charge in [-0.15, -0.1) is 0 Å². The summed E-state index contributed by atoms with van der Waals surface area (Å²) in [6, 6.07) is 12.2. The quantitative estimate of drug-likeness (QED) is 0.732. The van der Waals surface area contributed by atoms with E-state index in [0.29, 0.717) is 0 Å². The molecule has 5 heteroatoms. The van der Waals surface area contributed by atoms with Gasteiger partial charge in [-0.05, 0) is 42.8 Å². The zero-order valence-electron chi connectivity index (χ0n) is 14.9.